The van der Waals surface area contributed by atoms with Gasteiger partial charge in [-0.1, -0.05) is 11.5 Å². The fraction of sp³-hybridized carbons (Fsp3) is 0.667. The number of anilines is 1. The van der Waals surface area contributed by atoms with Gasteiger partial charge in [0.05, 0.1) is 0 Å². The summed E-state index contributed by atoms with van der Waals surface area (Å²) < 4.78 is 5.52. The molecule has 0 radical (unpaired) electrons. The van der Waals surface area contributed by atoms with E-state index >= 15 is 0 Å². The zero-order valence-electron chi connectivity index (χ0n) is 15.3. The first-order valence-corrected chi connectivity index (χ1v) is 8.92. The molecule has 1 aromatic rings. The van der Waals surface area contributed by atoms with E-state index in [1.165, 1.54) is 5.46 Å². The van der Waals surface area contributed by atoms with Crippen molar-refractivity contribution in [2.24, 2.45) is 5.41 Å². The Balaban J connectivity index is 1.56. The van der Waals surface area contributed by atoms with E-state index in [0.29, 0.717) is 0 Å². The van der Waals surface area contributed by atoms with E-state index in [2.05, 4.69) is 29.9 Å². The highest BCUT2D eigenvalue weighted by molar-refractivity contribution is 6.32. The Hall–Kier alpha value is -1.72. The first-order chi connectivity index (χ1) is 11.3. The summed E-state index contributed by atoms with van der Waals surface area (Å²) in [5.41, 5.74) is 1.03. The van der Waals surface area contributed by atoms with Gasteiger partial charge in [0.1, 0.15) is 19.3 Å². The number of rotatable bonds is 1. The van der Waals surface area contributed by atoms with E-state index < -0.39 is 5.60 Å². The van der Waals surface area contributed by atoms with Gasteiger partial charge in [-0.15, -0.1) is 0 Å². The maximum Gasteiger partial charge on any atom is 0.410 e. The van der Waals surface area contributed by atoms with Gasteiger partial charge < -0.3 is 14.5 Å². The molecule has 3 heterocycles. The first kappa shape index (κ1) is 17.1. The number of hydrogen-bond acceptors (Lipinski definition) is 4. The Labute approximate surface area is 145 Å². The molecule has 2 aliphatic rings. The van der Waals surface area contributed by atoms with Crippen molar-refractivity contribution in [3.63, 3.8) is 0 Å². The zero-order valence-corrected chi connectivity index (χ0v) is 15.3. The van der Waals surface area contributed by atoms with Crippen LogP contribution < -0.4 is 10.4 Å². The van der Waals surface area contributed by atoms with Crippen LogP contribution in [0.1, 0.15) is 40.0 Å². The third-order valence-electron chi connectivity index (χ3n) is 5.13. The summed E-state index contributed by atoms with van der Waals surface area (Å²) in [4.78, 5) is 21.1. The molecule has 2 saturated heterocycles. The van der Waals surface area contributed by atoms with E-state index in [1.54, 1.807) is 0 Å². The Kier molecular flexibility index (Phi) is 4.49. The second-order valence-corrected chi connectivity index (χ2v) is 8.33. The normalized spacial score (nSPS) is 20.5. The Morgan fingerprint density at radius 1 is 1.21 bits per heavy atom. The highest BCUT2D eigenvalue weighted by Gasteiger charge is 2.43. The number of ether oxygens (including phenoxy) is 1. The summed E-state index contributed by atoms with van der Waals surface area (Å²) in [5.74, 6) is 1.07. The minimum absolute atomic E-state index is 0.165. The van der Waals surface area contributed by atoms with Crippen LogP contribution in [0.15, 0.2) is 18.3 Å². The lowest BCUT2D eigenvalue weighted by molar-refractivity contribution is 0.0266. The summed E-state index contributed by atoms with van der Waals surface area (Å²) in [6, 6.07) is 4.22. The molecule has 0 bridgehead atoms. The fourth-order valence-electron chi connectivity index (χ4n) is 3.68. The average molecular weight is 329 g/mol. The monoisotopic (exact) mass is 329 g/mol. The standard InChI is InChI=1S/C18H28BN3O2/c1-17(2,3)24-16(23)22-11-8-18(13-22)6-9-21(10-7-18)15-5-4-14(19)12-20-15/h4-5,12H,6-11,13,19H2,1-3H3. The molecule has 0 N–H and O–H groups in total. The number of likely N-dealkylation sites (tertiary alicyclic amines) is 1. The van der Waals surface area contributed by atoms with E-state index in [-0.39, 0.29) is 11.5 Å². The molecule has 0 atom stereocenters. The van der Waals surface area contributed by atoms with Crippen molar-refractivity contribution in [2.45, 2.75) is 45.6 Å². The van der Waals surface area contributed by atoms with Gasteiger partial charge in [0.15, 0.2) is 0 Å². The molecular formula is C18H28BN3O2. The number of piperidine rings is 1. The molecule has 1 spiro atoms. The molecule has 1 amide bonds. The van der Waals surface area contributed by atoms with Crippen LogP contribution >= 0.6 is 0 Å². The van der Waals surface area contributed by atoms with Crippen molar-refractivity contribution in [1.29, 1.82) is 0 Å². The molecule has 6 heteroatoms. The van der Waals surface area contributed by atoms with Gasteiger partial charge in [0.25, 0.3) is 0 Å². The summed E-state index contributed by atoms with van der Waals surface area (Å²) in [6.45, 7) is 9.43. The second-order valence-electron chi connectivity index (χ2n) is 8.33. The minimum Gasteiger partial charge on any atom is -0.444 e. The molecular weight excluding hydrogens is 301 g/mol. The largest absolute Gasteiger partial charge is 0.444 e. The Bertz CT molecular complexity index is 589. The van der Waals surface area contributed by atoms with Gasteiger partial charge in [-0.2, -0.15) is 0 Å². The number of amides is 1. The van der Waals surface area contributed by atoms with Crippen LogP contribution in [0.5, 0.6) is 0 Å². The highest BCUT2D eigenvalue weighted by Crippen LogP contribution is 2.41. The summed E-state index contributed by atoms with van der Waals surface area (Å²) in [7, 11) is 2.06. The fourth-order valence-corrected chi connectivity index (χ4v) is 3.68. The van der Waals surface area contributed by atoms with Crippen LogP contribution in [0.25, 0.3) is 0 Å². The minimum atomic E-state index is -0.423. The Morgan fingerprint density at radius 2 is 1.88 bits per heavy atom. The first-order valence-electron chi connectivity index (χ1n) is 8.92. The highest BCUT2D eigenvalue weighted by atomic mass is 16.6. The van der Waals surface area contributed by atoms with Gasteiger partial charge in [0, 0.05) is 32.4 Å². The van der Waals surface area contributed by atoms with Gasteiger partial charge in [-0.25, -0.2) is 9.78 Å². The van der Waals surface area contributed by atoms with Crippen molar-refractivity contribution in [3.8, 4) is 0 Å². The van der Waals surface area contributed by atoms with Crippen LogP contribution in [0.2, 0.25) is 0 Å². The molecule has 1 aromatic heterocycles. The quantitative estimate of drug-likeness (QED) is 0.734. The summed E-state index contributed by atoms with van der Waals surface area (Å²) in [6.07, 6.45) is 5.08. The van der Waals surface area contributed by atoms with Crippen LogP contribution in [-0.4, -0.2) is 55.6 Å². The molecule has 5 nitrogen and oxygen atoms in total. The maximum absolute atomic E-state index is 12.3. The second kappa shape index (κ2) is 6.30. The number of aromatic nitrogens is 1. The van der Waals surface area contributed by atoms with E-state index in [0.717, 1.165) is 51.3 Å². The predicted molar refractivity (Wildman–Crippen MR) is 98.7 cm³/mol. The molecule has 2 fully saturated rings. The SMILES string of the molecule is Bc1ccc(N2CCC3(CCN(C(=O)OC(C)(C)C)C3)CC2)nc1. The van der Waals surface area contributed by atoms with Gasteiger partial charge in [-0.05, 0) is 51.5 Å². The Morgan fingerprint density at radius 3 is 2.46 bits per heavy atom. The smallest absolute Gasteiger partial charge is 0.410 e. The van der Waals surface area contributed by atoms with E-state index in [1.807, 2.05) is 31.9 Å². The lowest BCUT2D eigenvalue weighted by Gasteiger charge is -2.39. The molecule has 24 heavy (non-hydrogen) atoms. The molecule has 0 saturated carbocycles. The van der Waals surface area contributed by atoms with E-state index in [4.69, 9.17) is 4.74 Å². The number of hydrogen-bond donors (Lipinski definition) is 0. The van der Waals surface area contributed by atoms with Crippen molar-refractivity contribution in [2.75, 3.05) is 31.1 Å². The third kappa shape index (κ3) is 3.85. The average Bonchev–Trinajstić information content (AvgIpc) is 2.92. The maximum atomic E-state index is 12.3. The number of carbonyl (C=O) groups excluding carboxylic acids is 1. The van der Waals surface area contributed by atoms with Crippen LogP contribution in [0, 0.1) is 5.41 Å². The van der Waals surface area contributed by atoms with Crippen LogP contribution in [0.3, 0.4) is 0 Å². The van der Waals surface area contributed by atoms with Crippen LogP contribution in [-0.2, 0) is 4.74 Å². The number of pyridine rings is 1. The lowest BCUT2D eigenvalue weighted by Crippen LogP contribution is -2.43. The van der Waals surface area contributed by atoms with Gasteiger partial charge in [-0.3, -0.25) is 0 Å². The van der Waals surface area contributed by atoms with Gasteiger partial charge in [0.2, 0.25) is 0 Å². The molecule has 0 unspecified atom stereocenters. The number of nitrogens with zero attached hydrogens (tertiary/aromatic N) is 3. The van der Waals surface area contributed by atoms with Crippen molar-refractivity contribution in [1.82, 2.24) is 9.88 Å². The predicted octanol–water partition coefficient (Wildman–Crippen LogP) is 1.57. The topological polar surface area (TPSA) is 45.7 Å². The molecule has 2 aliphatic heterocycles. The lowest BCUT2D eigenvalue weighted by atomic mass is 9.78. The van der Waals surface area contributed by atoms with Crippen molar-refractivity contribution < 1.29 is 9.53 Å². The molecule has 130 valence electrons. The van der Waals surface area contributed by atoms with E-state index in [9.17, 15) is 4.79 Å². The number of carbonyl (C=O) groups is 1. The zero-order chi connectivity index (χ0) is 17.4. The molecule has 0 aromatic carbocycles. The van der Waals surface area contributed by atoms with Crippen molar-refractivity contribution >= 4 is 25.2 Å². The molecule has 0 aliphatic carbocycles. The summed E-state index contributed by atoms with van der Waals surface area (Å²) in [5, 5.41) is 0. The van der Waals surface area contributed by atoms with Gasteiger partial charge >= 0.3 is 6.09 Å². The molecule has 3 rings (SSSR count). The van der Waals surface area contributed by atoms with Crippen LogP contribution in [0.4, 0.5) is 10.6 Å². The van der Waals surface area contributed by atoms with Crippen molar-refractivity contribution in [3.05, 3.63) is 18.3 Å². The third-order valence-corrected chi connectivity index (χ3v) is 5.13. The summed E-state index contributed by atoms with van der Waals surface area (Å²) >= 11 is 0.